The van der Waals surface area contributed by atoms with Crippen molar-refractivity contribution in [1.29, 1.82) is 0 Å². The molecule has 0 unspecified atom stereocenters. The van der Waals surface area contributed by atoms with E-state index in [1.807, 2.05) is 0 Å². The minimum atomic E-state index is -4.31. The Kier molecular flexibility index (Phi) is 6.57. The van der Waals surface area contributed by atoms with Crippen LogP contribution < -0.4 is 11.1 Å². The average Bonchev–Trinajstić information content (AvgIpc) is 2.37. The predicted molar refractivity (Wildman–Crippen MR) is 64.4 cm³/mol. The van der Waals surface area contributed by atoms with Crippen LogP contribution in [0.1, 0.15) is 25.7 Å². The minimum Gasteiger partial charge on any atom is -0.370 e. The van der Waals surface area contributed by atoms with E-state index in [1.54, 1.807) is 0 Å². The summed E-state index contributed by atoms with van der Waals surface area (Å²) in [5.74, 6) is 0.371. The van der Waals surface area contributed by atoms with E-state index in [0.29, 0.717) is 12.5 Å². The third-order valence-electron chi connectivity index (χ3n) is 3.36. The van der Waals surface area contributed by atoms with E-state index in [4.69, 9.17) is 5.73 Å². The van der Waals surface area contributed by atoms with Gasteiger partial charge in [0, 0.05) is 12.5 Å². The van der Waals surface area contributed by atoms with E-state index in [0.717, 1.165) is 25.7 Å². The van der Waals surface area contributed by atoms with Crippen molar-refractivity contribution >= 4 is 5.91 Å². The molecule has 19 heavy (non-hydrogen) atoms. The number of halogens is 3. The zero-order chi connectivity index (χ0) is 14.3. The molecule has 0 aromatic carbocycles. The molecule has 0 saturated heterocycles. The highest BCUT2D eigenvalue weighted by Crippen LogP contribution is 2.28. The lowest BCUT2D eigenvalue weighted by molar-refractivity contribution is -0.173. The van der Waals surface area contributed by atoms with Gasteiger partial charge in [-0.25, -0.2) is 0 Å². The number of carbonyl (C=O) groups excluding carboxylic acids is 1. The second kappa shape index (κ2) is 7.69. The molecule has 1 fully saturated rings. The molecule has 0 aliphatic heterocycles. The summed E-state index contributed by atoms with van der Waals surface area (Å²) in [5, 5.41) is 2.61. The smallest absolute Gasteiger partial charge is 0.370 e. The summed E-state index contributed by atoms with van der Waals surface area (Å²) in [6, 6.07) is 0. The molecule has 0 aromatic rings. The molecule has 0 heterocycles. The summed E-state index contributed by atoms with van der Waals surface area (Å²) < 4.78 is 39.8. The van der Waals surface area contributed by atoms with Crippen LogP contribution in [-0.2, 0) is 9.53 Å². The van der Waals surface area contributed by atoms with Gasteiger partial charge < -0.3 is 15.8 Å². The zero-order valence-corrected chi connectivity index (χ0v) is 10.8. The number of hydrogen-bond donors (Lipinski definition) is 2. The van der Waals surface area contributed by atoms with Crippen LogP contribution in [0.4, 0.5) is 13.2 Å². The van der Waals surface area contributed by atoms with Gasteiger partial charge in [-0.15, -0.1) is 0 Å². The predicted octanol–water partition coefficient (Wildman–Crippen LogP) is 1.45. The maximum absolute atomic E-state index is 11.8. The Hall–Kier alpha value is -0.820. The van der Waals surface area contributed by atoms with Gasteiger partial charge in [0.1, 0.15) is 6.61 Å². The number of amides is 1. The molecule has 112 valence electrons. The molecular formula is C12H21F3N2O2. The molecule has 4 nitrogen and oxygen atoms in total. The van der Waals surface area contributed by atoms with E-state index >= 15 is 0 Å². The number of ether oxygens (including phenoxy) is 1. The first-order valence-electron chi connectivity index (χ1n) is 6.54. The Morgan fingerprint density at radius 2 is 1.89 bits per heavy atom. The van der Waals surface area contributed by atoms with Crippen molar-refractivity contribution in [3.8, 4) is 0 Å². The summed E-state index contributed by atoms with van der Waals surface area (Å²) in [6.45, 7) is -0.626. The van der Waals surface area contributed by atoms with Crippen molar-refractivity contribution in [2.24, 2.45) is 17.6 Å². The molecular weight excluding hydrogens is 261 g/mol. The van der Waals surface area contributed by atoms with Crippen LogP contribution in [0.3, 0.4) is 0 Å². The maximum Gasteiger partial charge on any atom is 0.411 e. The van der Waals surface area contributed by atoms with E-state index in [-0.39, 0.29) is 25.0 Å². The lowest BCUT2D eigenvalue weighted by Crippen LogP contribution is -2.36. The van der Waals surface area contributed by atoms with Gasteiger partial charge in [-0.05, 0) is 38.1 Å². The van der Waals surface area contributed by atoms with E-state index in [2.05, 4.69) is 10.1 Å². The summed E-state index contributed by atoms with van der Waals surface area (Å²) in [6.07, 6.45) is -0.822. The molecule has 1 amide bonds. The highest BCUT2D eigenvalue weighted by Gasteiger charge is 2.27. The fourth-order valence-electron chi connectivity index (χ4n) is 2.24. The van der Waals surface area contributed by atoms with Crippen molar-refractivity contribution in [3.63, 3.8) is 0 Å². The molecule has 1 aliphatic rings. The number of nitrogens with one attached hydrogen (secondary N) is 1. The van der Waals surface area contributed by atoms with Crippen molar-refractivity contribution in [3.05, 3.63) is 0 Å². The fourth-order valence-corrected chi connectivity index (χ4v) is 2.24. The molecule has 1 aliphatic carbocycles. The second-order valence-electron chi connectivity index (χ2n) is 4.91. The number of rotatable bonds is 6. The quantitative estimate of drug-likeness (QED) is 0.725. The molecule has 7 heteroatoms. The maximum atomic E-state index is 11.8. The second-order valence-corrected chi connectivity index (χ2v) is 4.91. The van der Waals surface area contributed by atoms with Gasteiger partial charge in [0.2, 0.25) is 5.91 Å². The molecule has 0 spiro atoms. The van der Waals surface area contributed by atoms with Crippen LogP contribution in [0, 0.1) is 11.8 Å². The van der Waals surface area contributed by atoms with Crippen molar-refractivity contribution in [2.45, 2.75) is 31.9 Å². The average molecular weight is 282 g/mol. The molecule has 0 aromatic heterocycles. The van der Waals surface area contributed by atoms with Gasteiger partial charge in [0.15, 0.2) is 0 Å². The van der Waals surface area contributed by atoms with Crippen LogP contribution in [0.5, 0.6) is 0 Å². The molecule has 0 bridgehead atoms. The summed E-state index contributed by atoms with van der Waals surface area (Å²) in [5.41, 5.74) is 5.56. The highest BCUT2D eigenvalue weighted by atomic mass is 19.4. The number of hydrogen-bond acceptors (Lipinski definition) is 3. The standard InChI is InChI=1S/C12H21F3N2O2/c13-12(14,15)8-19-6-5-17-11(18)10-3-1-9(7-16)2-4-10/h9-10H,1-8,16H2,(H,17,18). The normalized spacial score (nSPS) is 24.2. The van der Waals surface area contributed by atoms with Crippen LogP contribution in [-0.4, -0.2) is 38.4 Å². The number of carbonyl (C=O) groups is 1. The lowest BCUT2D eigenvalue weighted by atomic mass is 9.81. The molecule has 1 saturated carbocycles. The lowest BCUT2D eigenvalue weighted by Gasteiger charge is -2.26. The third-order valence-corrected chi connectivity index (χ3v) is 3.36. The van der Waals surface area contributed by atoms with Crippen molar-refractivity contribution in [1.82, 2.24) is 5.32 Å². The monoisotopic (exact) mass is 282 g/mol. The van der Waals surface area contributed by atoms with Gasteiger partial charge in [-0.3, -0.25) is 4.79 Å². The van der Waals surface area contributed by atoms with Crippen LogP contribution in [0.2, 0.25) is 0 Å². The van der Waals surface area contributed by atoms with Crippen molar-refractivity contribution < 1.29 is 22.7 Å². The van der Waals surface area contributed by atoms with Crippen molar-refractivity contribution in [2.75, 3.05) is 26.3 Å². The summed E-state index contributed by atoms with van der Waals surface area (Å²) >= 11 is 0. The first-order valence-corrected chi connectivity index (χ1v) is 6.54. The minimum absolute atomic E-state index is 0.0367. The third kappa shape index (κ3) is 6.77. The SMILES string of the molecule is NCC1CCC(C(=O)NCCOCC(F)(F)F)CC1. The number of alkyl halides is 3. The molecule has 1 rings (SSSR count). The highest BCUT2D eigenvalue weighted by molar-refractivity contribution is 5.78. The van der Waals surface area contributed by atoms with Crippen LogP contribution in [0.15, 0.2) is 0 Å². The van der Waals surface area contributed by atoms with Crippen LogP contribution >= 0.6 is 0 Å². The molecule has 0 atom stereocenters. The molecule has 3 N–H and O–H groups in total. The largest absolute Gasteiger partial charge is 0.411 e. The summed E-state index contributed by atoms with van der Waals surface area (Å²) in [4.78, 5) is 11.7. The summed E-state index contributed by atoms with van der Waals surface area (Å²) in [7, 11) is 0. The Bertz CT molecular complexity index is 277. The fraction of sp³-hybridized carbons (Fsp3) is 0.917. The van der Waals surface area contributed by atoms with E-state index in [9.17, 15) is 18.0 Å². The molecule has 0 radical (unpaired) electrons. The first-order chi connectivity index (χ1) is 8.92. The Labute approximate surface area is 110 Å². The van der Waals surface area contributed by atoms with E-state index < -0.39 is 12.8 Å². The zero-order valence-electron chi connectivity index (χ0n) is 10.8. The number of nitrogens with two attached hydrogens (primary N) is 1. The van der Waals surface area contributed by atoms with Gasteiger partial charge in [-0.1, -0.05) is 0 Å². The van der Waals surface area contributed by atoms with Gasteiger partial charge in [0.05, 0.1) is 6.61 Å². The van der Waals surface area contributed by atoms with Gasteiger partial charge >= 0.3 is 6.18 Å². The Morgan fingerprint density at radius 1 is 1.26 bits per heavy atom. The van der Waals surface area contributed by atoms with Gasteiger partial charge in [0.25, 0.3) is 0 Å². The van der Waals surface area contributed by atoms with Gasteiger partial charge in [-0.2, -0.15) is 13.2 Å². The first kappa shape index (κ1) is 16.2. The van der Waals surface area contributed by atoms with Crippen LogP contribution in [0.25, 0.3) is 0 Å². The van der Waals surface area contributed by atoms with E-state index in [1.165, 1.54) is 0 Å². The Morgan fingerprint density at radius 3 is 2.42 bits per heavy atom. The topological polar surface area (TPSA) is 64.4 Å². The Balaban J connectivity index is 2.08.